The van der Waals surface area contributed by atoms with Gasteiger partial charge in [0, 0.05) is 38.8 Å². The fourth-order valence-electron chi connectivity index (χ4n) is 2.86. The lowest BCUT2D eigenvalue weighted by atomic mass is 10.1. The quantitative estimate of drug-likeness (QED) is 0.915. The summed E-state index contributed by atoms with van der Waals surface area (Å²) < 4.78 is 13.2. The molecule has 1 N–H and O–H groups in total. The summed E-state index contributed by atoms with van der Waals surface area (Å²) in [7, 11) is 0. The molecule has 0 radical (unpaired) electrons. The summed E-state index contributed by atoms with van der Waals surface area (Å²) in [4.78, 5) is 4.55. The summed E-state index contributed by atoms with van der Waals surface area (Å²) in [5, 5.41) is 18.6. The summed E-state index contributed by atoms with van der Waals surface area (Å²) in [6.45, 7) is 7.97. The molecule has 21 heavy (non-hydrogen) atoms. The molecule has 5 heteroatoms. The Morgan fingerprint density at radius 2 is 2.24 bits per heavy atom. The largest absolute Gasteiger partial charge is 0.392 e. The van der Waals surface area contributed by atoms with E-state index in [1.165, 1.54) is 12.1 Å². The van der Waals surface area contributed by atoms with E-state index < -0.39 is 0 Å². The molecule has 0 aromatic heterocycles. The van der Waals surface area contributed by atoms with E-state index in [0.29, 0.717) is 24.7 Å². The molecule has 0 unspecified atom stereocenters. The van der Waals surface area contributed by atoms with Crippen LogP contribution in [0.3, 0.4) is 0 Å². The molecule has 2 atom stereocenters. The van der Waals surface area contributed by atoms with Crippen molar-refractivity contribution in [2.24, 2.45) is 0 Å². The molecule has 0 bridgehead atoms. The van der Waals surface area contributed by atoms with Gasteiger partial charge in [-0.3, -0.25) is 9.80 Å². The number of aliphatic hydroxyl groups excluding tert-OH is 1. The SMILES string of the molecule is C[C@H](O)CN1CCN(Cc2ccc(F)cc2C#N)C[C@H]1C. The second-order valence-corrected chi connectivity index (χ2v) is 5.84. The first kappa shape index (κ1) is 15.9. The van der Waals surface area contributed by atoms with Gasteiger partial charge in [0.05, 0.1) is 17.7 Å². The minimum atomic E-state index is -0.370. The third-order valence-electron chi connectivity index (χ3n) is 3.93. The summed E-state index contributed by atoms with van der Waals surface area (Å²) in [5.74, 6) is -0.370. The van der Waals surface area contributed by atoms with Crippen molar-refractivity contribution in [3.8, 4) is 6.07 Å². The van der Waals surface area contributed by atoms with E-state index in [1.807, 2.05) is 0 Å². The number of hydrogen-bond acceptors (Lipinski definition) is 4. The van der Waals surface area contributed by atoms with E-state index in [4.69, 9.17) is 5.26 Å². The molecular formula is C16H22FN3O. The lowest BCUT2D eigenvalue weighted by Gasteiger charge is -2.40. The second-order valence-electron chi connectivity index (χ2n) is 5.84. The number of nitriles is 1. The summed E-state index contributed by atoms with van der Waals surface area (Å²) in [6.07, 6.45) is -0.318. The molecule has 2 rings (SSSR count). The van der Waals surface area contributed by atoms with Crippen LogP contribution in [0.4, 0.5) is 4.39 Å². The maximum Gasteiger partial charge on any atom is 0.124 e. The van der Waals surface area contributed by atoms with E-state index in [2.05, 4.69) is 22.8 Å². The molecular weight excluding hydrogens is 269 g/mol. The Morgan fingerprint density at radius 1 is 1.48 bits per heavy atom. The van der Waals surface area contributed by atoms with Crippen LogP contribution in [-0.4, -0.2) is 53.2 Å². The number of β-amino-alcohol motifs (C(OH)–C–C–N with tert-alkyl or cyclic N) is 1. The average molecular weight is 291 g/mol. The minimum absolute atomic E-state index is 0.318. The van der Waals surface area contributed by atoms with Crippen molar-refractivity contribution in [1.82, 2.24) is 9.80 Å². The first-order valence-electron chi connectivity index (χ1n) is 7.32. The molecule has 1 aromatic carbocycles. The number of rotatable bonds is 4. The Kier molecular flexibility index (Phi) is 5.29. The van der Waals surface area contributed by atoms with Crippen LogP contribution >= 0.6 is 0 Å². The van der Waals surface area contributed by atoms with E-state index in [1.54, 1.807) is 13.0 Å². The monoisotopic (exact) mass is 291 g/mol. The van der Waals surface area contributed by atoms with Crippen LogP contribution < -0.4 is 0 Å². The number of hydrogen-bond donors (Lipinski definition) is 1. The van der Waals surface area contributed by atoms with Crippen molar-refractivity contribution >= 4 is 0 Å². The highest BCUT2D eigenvalue weighted by atomic mass is 19.1. The van der Waals surface area contributed by atoms with Crippen molar-refractivity contribution in [2.45, 2.75) is 32.5 Å². The van der Waals surface area contributed by atoms with Gasteiger partial charge in [0.25, 0.3) is 0 Å². The smallest absolute Gasteiger partial charge is 0.124 e. The van der Waals surface area contributed by atoms with Crippen molar-refractivity contribution in [3.63, 3.8) is 0 Å². The summed E-state index contributed by atoms with van der Waals surface area (Å²) >= 11 is 0. The van der Waals surface area contributed by atoms with Gasteiger partial charge in [-0.05, 0) is 31.5 Å². The van der Waals surface area contributed by atoms with Crippen LogP contribution in [0.15, 0.2) is 18.2 Å². The van der Waals surface area contributed by atoms with Gasteiger partial charge < -0.3 is 5.11 Å². The highest BCUT2D eigenvalue weighted by Gasteiger charge is 2.24. The standard InChI is InChI=1S/C16H22FN3O/c1-12-9-19(5-6-20(12)10-13(2)21)11-14-3-4-16(17)7-15(14)8-18/h3-4,7,12-13,21H,5-6,9-11H2,1-2H3/t12-,13+/m1/s1. The van der Waals surface area contributed by atoms with Crippen LogP contribution in [0.1, 0.15) is 25.0 Å². The van der Waals surface area contributed by atoms with Crippen LogP contribution in [0, 0.1) is 17.1 Å². The Morgan fingerprint density at radius 3 is 2.86 bits per heavy atom. The van der Waals surface area contributed by atoms with Gasteiger partial charge in [-0.25, -0.2) is 4.39 Å². The topological polar surface area (TPSA) is 50.5 Å². The predicted octanol–water partition coefficient (Wildman–Crippen LogP) is 1.58. The van der Waals surface area contributed by atoms with Gasteiger partial charge in [0.15, 0.2) is 0 Å². The number of piperazine rings is 1. The molecule has 0 spiro atoms. The molecule has 1 aliphatic heterocycles. The van der Waals surface area contributed by atoms with Gasteiger partial charge in [0.1, 0.15) is 5.82 Å². The number of halogens is 1. The highest BCUT2D eigenvalue weighted by molar-refractivity contribution is 5.37. The zero-order valence-electron chi connectivity index (χ0n) is 12.6. The van der Waals surface area contributed by atoms with Gasteiger partial charge in [-0.1, -0.05) is 6.07 Å². The lowest BCUT2D eigenvalue weighted by molar-refractivity contribution is 0.0422. The average Bonchev–Trinajstić information content (AvgIpc) is 2.43. The Hall–Kier alpha value is -1.48. The van der Waals surface area contributed by atoms with E-state index >= 15 is 0 Å². The number of benzene rings is 1. The predicted molar refractivity (Wildman–Crippen MR) is 79.1 cm³/mol. The van der Waals surface area contributed by atoms with Crippen LogP contribution in [0.25, 0.3) is 0 Å². The fraction of sp³-hybridized carbons (Fsp3) is 0.562. The van der Waals surface area contributed by atoms with Crippen LogP contribution in [0.2, 0.25) is 0 Å². The van der Waals surface area contributed by atoms with Gasteiger partial charge >= 0.3 is 0 Å². The zero-order valence-corrected chi connectivity index (χ0v) is 12.6. The fourth-order valence-corrected chi connectivity index (χ4v) is 2.86. The minimum Gasteiger partial charge on any atom is -0.392 e. The highest BCUT2D eigenvalue weighted by Crippen LogP contribution is 2.17. The first-order valence-corrected chi connectivity index (χ1v) is 7.32. The molecule has 114 valence electrons. The summed E-state index contributed by atoms with van der Waals surface area (Å²) in [5.41, 5.74) is 1.28. The number of nitrogens with zero attached hydrogens (tertiary/aromatic N) is 3. The van der Waals surface area contributed by atoms with Crippen LogP contribution in [-0.2, 0) is 6.54 Å². The molecule has 1 heterocycles. The molecule has 0 aliphatic carbocycles. The Labute approximate surface area is 125 Å². The van der Waals surface area contributed by atoms with Gasteiger partial charge in [0.2, 0.25) is 0 Å². The third-order valence-corrected chi connectivity index (χ3v) is 3.93. The molecule has 0 amide bonds. The molecule has 4 nitrogen and oxygen atoms in total. The van der Waals surface area contributed by atoms with Gasteiger partial charge in [-0.2, -0.15) is 5.26 Å². The van der Waals surface area contributed by atoms with Crippen molar-refractivity contribution in [1.29, 1.82) is 5.26 Å². The Balaban J connectivity index is 1.98. The van der Waals surface area contributed by atoms with Crippen molar-refractivity contribution in [3.05, 3.63) is 35.1 Å². The first-order chi connectivity index (χ1) is 9.99. The van der Waals surface area contributed by atoms with E-state index in [-0.39, 0.29) is 11.9 Å². The maximum atomic E-state index is 13.2. The number of aliphatic hydroxyl groups is 1. The van der Waals surface area contributed by atoms with E-state index in [0.717, 1.165) is 25.2 Å². The lowest BCUT2D eigenvalue weighted by Crippen LogP contribution is -2.53. The zero-order chi connectivity index (χ0) is 15.4. The summed E-state index contributed by atoms with van der Waals surface area (Å²) in [6, 6.07) is 6.82. The Bertz CT molecular complexity index is 527. The van der Waals surface area contributed by atoms with Gasteiger partial charge in [-0.15, -0.1) is 0 Å². The normalized spacial score (nSPS) is 22.0. The molecule has 1 fully saturated rings. The maximum absolute atomic E-state index is 13.2. The van der Waals surface area contributed by atoms with E-state index in [9.17, 15) is 9.50 Å². The molecule has 1 saturated heterocycles. The van der Waals surface area contributed by atoms with Crippen molar-refractivity contribution in [2.75, 3.05) is 26.2 Å². The third kappa shape index (κ3) is 4.24. The molecule has 0 saturated carbocycles. The molecule has 1 aromatic rings. The van der Waals surface area contributed by atoms with Crippen LogP contribution in [0.5, 0.6) is 0 Å². The molecule has 1 aliphatic rings. The second kappa shape index (κ2) is 6.99. The van der Waals surface area contributed by atoms with Crippen molar-refractivity contribution < 1.29 is 9.50 Å².